The van der Waals surface area contributed by atoms with Crippen molar-refractivity contribution in [2.45, 2.75) is 20.8 Å². The number of Topliss-reactive ketones (excluding diaryl/α,β-unsaturated/α-hetero) is 1. The summed E-state index contributed by atoms with van der Waals surface area (Å²) >= 11 is 0. The highest BCUT2D eigenvalue weighted by Gasteiger charge is 2.30. The zero-order valence-electron chi connectivity index (χ0n) is 14.4. The zero-order valence-corrected chi connectivity index (χ0v) is 14.4. The molecule has 1 aliphatic rings. The van der Waals surface area contributed by atoms with Gasteiger partial charge in [-0.2, -0.15) is 0 Å². The summed E-state index contributed by atoms with van der Waals surface area (Å²) in [6, 6.07) is 9.71. The summed E-state index contributed by atoms with van der Waals surface area (Å²) in [6.45, 7) is 6.30. The molecule has 4 heteroatoms. The van der Waals surface area contributed by atoms with E-state index in [1.54, 1.807) is 30.3 Å². The van der Waals surface area contributed by atoms with Crippen LogP contribution >= 0.6 is 0 Å². The predicted octanol–water partition coefficient (Wildman–Crippen LogP) is 5.10. The molecular formula is C21H19FO3. The fourth-order valence-corrected chi connectivity index (χ4v) is 2.56. The van der Waals surface area contributed by atoms with Gasteiger partial charge in [-0.3, -0.25) is 4.79 Å². The summed E-state index contributed by atoms with van der Waals surface area (Å²) in [5.41, 5.74) is 2.70. The molecule has 0 saturated heterocycles. The number of hydrogen-bond donors (Lipinski definition) is 0. The third-order valence-electron chi connectivity index (χ3n) is 3.96. The van der Waals surface area contributed by atoms with Gasteiger partial charge in [0.15, 0.2) is 5.76 Å². The lowest BCUT2D eigenvalue weighted by atomic mass is 10.1. The summed E-state index contributed by atoms with van der Waals surface area (Å²) in [7, 11) is 0. The van der Waals surface area contributed by atoms with Gasteiger partial charge in [0.1, 0.15) is 23.9 Å². The van der Waals surface area contributed by atoms with Gasteiger partial charge in [-0.25, -0.2) is 4.39 Å². The highest BCUT2D eigenvalue weighted by atomic mass is 19.1. The first-order valence-electron chi connectivity index (χ1n) is 8.06. The number of fused-ring (bicyclic) bond motifs is 1. The number of benzene rings is 2. The van der Waals surface area contributed by atoms with E-state index in [1.165, 1.54) is 17.7 Å². The molecule has 1 aliphatic heterocycles. The van der Waals surface area contributed by atoms with Crippen LogP contribution in [-0.2, 0) is 0 Å². The molecule has 0 aromatic heterocycles. The fourth-order valence-electron chi connectivity index (χ4n) is 2.56. The highest BCUT2D eigenvalue weighted by molar-refractivity contribution is 6.14. The van der Waals surface area contributed by atoms with Crippen molar-refractivity contribution >= 4 is 11.9 Å². The van der Waals surface area contributed by atoms with Gasteiger partial charge >= 0.3 is 0 Å². The average molecular weight is 338 g/mol. The quantitative estimate of drug-likeness (QED) is 0.575. The van der Waals surface area contributed by atoms with Crippen molar-refractivity contribution in [2.75, 3.05) is 6.61 Å². The molecule has 1 heterocycles. The molecule has 0 N–H and O–H groups in total. The number of carbonyl (C=O) groups is 1. The lowest BCUT2D eigenvalue weighted by Crippen LogP contribution is -1.98. The number of hydrogen-bond acceptors (Lipinski definition) is 3. The van der Waals surface area contributed by atoms with Gasteiger partial charge in [0.2, 0.25) is 5.78 Å². The molecule has 0 fully saturated rings. The maximum atomic E-state index is 13.8. The number of halogens is 1. The van der Waals surface area contributed by atoms with E-state index >= 15 is 0 Å². The summed E-state index contributed by atoms with van der Waals surface area (Å²) in [4.78, 5) is 12.5. The molecule has 3 rings (SSSR count). The van der Waals surface area contributed by atoms with Gasteiger partial charge < -0.3 is 9.47 Å². The molecule has 0 aliphatic carbocycles. The number of ketones is 1. The molecular weight excluding hydrogens is 319 g/mol. The lowest BCUT2D eigenvalue weighted by molar-refractivity contribution is 0.101. The van der Waals surface area contributed by atoms with Crippen LogP contribution < -0.4 is 9.47 Å². The Bertz CT molecular complexity index is 890. The molecule has 0 bridgehead atoms. The normalized spacial score (nSPS) is 14.2. The Kier molecular flexibility index (Phi) is 4.70. The van der Waals surface area contributed by atoms with Crippen molar-refractivity contribution in [3.8, 4) is 11.5 Å². The van der Waals surface area contributed by atoms with Gasteiger partial charge in [-0.15, -0.1) is 0 Å². The summed E-state index contributed by atoms with van der Waals surface area (Å²) in [6.07, 6.45) is 3.41. The maximum absolute atomic E-state index is 13.8. The number of allylic oxidation sites excluding steroid dienone is 2. The highest BCUT2D eigenvalue weighted by Crippen LogP contribution is 2.39. The number of carbonyl (C=O) groups excluding carboxylic acids is 1. The van der Waals surface area contributed by atoms with E-state index in [2.05, 4.69) is 0 Å². The minimum atomic E-state index is -0.398. The first-order chi connectivity index (χ1) is 12.0. The van der Waals surface area contributed by atoms with Crippen LogP contribution in [0.4, 0.5) is 4.39 Å². The van der Waals surface area contributed by atoms with Gasteiger partial charge in [-0.1, -0.05) is 23.8 Å². The van der Waals surface area contributed by atoms with E-state index in [0.717, 1.165) is 5.56 Å². The van der Waals surface area contributed by atoms with Crippen molar-refractivity contribution in [1.82, 2.24) is 0 Å². The van der Waals surface area contributed by atoms with Crippen molar-refractivity contribution in [2.24, 2.45) is 0 Å². The average Bonchev–Trinajstić information content (AvgIpc) is 2.89. The van der Waals surface area contributed by atoms with Gasteiger partial charge in [0.05, 0.1) is 5.56 Å². The van der Waals surface area contributed by atoms with Crippen molar-refractivity contribution in [1.29, 1.82) is 0 Å². The smallest absolute Gasteiger partial charge is 0.231 e. The lowest BCUT2D eigenvalue weighted by Gasteiger charge is -2.10. The van der Waals surface area contributed by atoms with Crippen LogP contribution in [0.2, 0.25) is 0 Å². The summed E-state index contributed by atoms with van der Waals surface area (Å²) in [5, 5.41) is 0. The fraction of sp³-hybridized carbons (Fsp3) is 0.190. The van der Waals surface area contributed by atoms with Crippen LogP contribution in [0.3, 0.4) is 0 Å². The second kappa shape index (κ2) is 6.93. The Morgan fingerprint density at radius 2 is 1.96 bits per heavy atom. The topological polar surface area (TPSA) is 35.5 Å². The Labute approximate surface area is 146 Å². The van der Waals surface area contributed by atoms with E-state index in [1.807, 2.05) is 26.8 Å². The van der Waals surface area contributed by atoms with Crippen LogP contribution in [-0.4, -0.2) is 12.4 Å². The van der Waals surface area contributed by atoms with E-state index in [4.69, 9.17) is 9.47 Å². The number of ether oxygens (including phenoxy) is 2. The first-order valence-corrected chi connectivity index (χ1v) is 8.06. The molecule has 25 heavy (non-hydrogen) atoms. The van der Waals surface area contributed by atoms with Crippen molar-refractivity contribution in [3.05, 3.63) is 76.3 Å². The van der Waals surface area contributed by atoms with Gasteiger partial charge in [0.25, 0.3) is 0 Å². The molecule has 0 unspecified atom stereocenters. The third kappa shape index (κ3) is 3.48. The SMILES string of the molecule is CC(C)=CCOc1ccc2c(c1C)O/C(=C\c1ccccc1F)C2=O. The van der Waals surface area contributed by atoms with E-state index in [0.29, 0.717) is 29.2 Å². The molecule has 0 radical (unpaired) electrons. The van der Waals surface area contributed by atoms with Crippen LogP contribution in [0.5, 0.6) is 11.5 Å². The largest absolute Gasteiger partial charge is 0.489 e. The van der Waals surface area contributed by atoms with Crippen LogP contribution in [0.25, 0.3) is 6.08 Å². The Hall–Kier alpha value is -2.88. The first kappa shape index (κ1) is 17.0. The summed E-state index contributed by atoms with van der Waals surface area (Å²) in [5.74, 6) is 0.602. The molecule has 0 amide bonds. The van der Waals surface area contributed by atoms with E-state index < -0.39 is 5.82 Å². The molecule has 0 spiro atoms. The maximum Gasteiger partial charge on any atom is 0.231 e. The van der Waals surface area contributed by atoms with Crippen molar-refractivity contribution < 1.29 is 18.7 Å². The Morgan fingerprint density at radius 3 is 2.68 bits per heavy atom. The molecule has 3 nitrogen and oxygen atoms in total. The van der Waals surface area contributed by atoms with Gasteiger partial charge in [-0.05, 0) is 51.1 Å². The van der Waals surface area contributed by atoms with Crippen LogP contribution in [0.15, 0.2) is 53.8 Å². The second-order valence-corrected chi connectivity index (χ2v) is 6.12. The van der Waals surface area contributed by atoms with Crippen LogP contribution in [0, 0.1) is 12.7 Å². The second-order valence-electron chi connectivity index (χ2n) is 6.12. The Balaban J connectivity index is 1.90. The molecule has 0 saturated carbocycles. The number of rotatable bonds is 4. The zero-order chi connectivity index (χ0) is 18.0. The Morgan fingerprint density at radius 1 is 1.20 bits per heavy atom. The summed E-state index contributed by atoms with van der Waals surface area (Å²) < 4.78 is 25.3. The molecule has 128 valence electrons. The van der Waals surface area contributed by atoms with E-state index in [-0.39, 0.29) is 11.5 Å². The standard InChI is InChI=1S/C21H19FO3/c1-13(2)10-11-24-18-9-8-16-20(23)19(25-21(16)14(18)3)12-15-6-4-5-7-17(15)22/h4-10,12H,11H2,1-3H3/b19-12-. The minimum absolute atomic E-state index is 0.115. The molecule has 0 atom stereocenters. The van der Waals surface area contributed by atoms with Crippen molar-refractivity contribution in [3.63, 3.8) is 0 Å². The molecule has 2 aromatic rings. The predicted molar refractivity (Wildman–Crippen MR) is 95.4 cm³/mol. The van der Waals surface area contributed by atoms with Crippen LogP contribution in [0.1, 0.15) is 35.3 Å². The monoisotopic (exact) mass is 338 g/mol. The van der Waals surface area contributed by atoms with E-state index in [9.17, 15) is 9.18 Å². The molecule has 2 aromatic carbocycles. The van der Waals surface area contributed by atoms with Gasteiger partial charge in [0, 0.05) is 11.1 Å². The third-order valence-corrected chi connectivity index (χ3v) is 3.96. The minimum Gasteiger partial charge on any atom is -0.489 e.